The number of para-hydroxylation sites is 1. The van der Waals surface area contributed by atoms with E-state index in [1.807, 2.05) is 12.1 Å². The molecule has 2 amide bonds. The summed E-state index contributed by atoms with van der Waals surface area (Å²) < 4.78 is 13.3. The molecule has 0 aliphatic carbocycles. The van der Waals surface area contributed by atoms with Crippen molar-refractivity contribution in [2.24, 2.45) is 0 Å². The fraction of sp³-hybridized carbons (Fsp3) is 0.217. The molecular formula is C23H22FN3O3. The van der Waals surface area contributed by atoms with E-state index in [2.05, 4.69) is 15.6 Å². The molecule has 1 fully saturated rings. The highest BCUT2D eigenvalue weighted by atomic mass is 19.1. The van der Waals surface area contributed by atoms with Crippen LogP contribution >= 0.6 is 0 Å². The van der Waals surface area contributed by atoms with Gasteiger partial charge in [0.2, 0.25) is 11.8 Å². The normalized spacial score (nSPS) is 15.8. The van der Waals surface area contributed by atoms with Crippen LogP contribution in [0.25, 0.3) is 22.5 Å². The molecule has 0 bridgehead atoms. The zero-order valence-corrected chi connectivity index (χ0v) is 16.2. The predicted molar refractivity (Wildman–Crippen MR) is 111 cm³/mol. The van der Waals surface area contributed by atoms with E-state index in [1.165, 1.54) is 12.1 Å². The molecule has 1 atom stereocenters. The lowest BCUT2D eigenvalue weighted by molar-refractivity contribution is -0.127. The number of carbonyl (C=O) groups excluding carboxylic acids is 2. The first-order valence-electron chi connectivity index (χ1n) is 9.84. The fourth-order valence-electron chi connectivity index (χ4n) is 3.65. The molecule has 1 aliphatic rings. The number of H-pyrrole nitrogens is 1. The van der Waals surface area contributed by atoms with Gasteiger partial charge >= 0.3 is 0 Å². The Morgan fingerprint density at radius 3 is 2.63 bits per heavy atom. The van der Waals surface area contributed by atoms with Crippen LogP contribution in [-0.2, 0) is 16.0 Å². The lowest BCUT2D eigenvalue weighted by atomic mass is 10.0. The van der Waals surface area contributed by atoms with Crippen LogP contribution in [0.4, 0.5) is 4.39 Å². The highest BCUT2D eigenvalue weighted by molar-refractivity contribution is 5.89. The second-order valence-electron chi connectivity index (χ2n) is 7.31. The quantitative estimate of drug-likeness (QED) is 0.506. The minimum Gasteiger partial charge on any atom is -0.507 e. The number of aromatic hydroxyl groups is 1. The Balaban J connectivity index is 1.58. The zero-order chi connectivity index (χ0) is 21.1. The largest absolute Gasteiger partial charge is 0.507 e. The van der Waals surface area contributed by atoms with E-state index in [4.69, 9.17) is 0 Å². The van der Waals surface area contributed by atoms with E-state index in [-0.39, 0.29) is 29.8 Å². The molecule has 3 aromatic rings. The number of phenolic OH excluding ortho intramolecular Hbond substituents is 1. The number of aromatic amines is 1. The van der Waals surface area contributed by atoms with Gasteiger partial charge in [-0.2, -0.15) is 0 Å². The Bertz CT molecular complexity index is 1080. The second-order valence-corrected chi connectivity index (χ2v) is 7.31. The third kappa shape index (κ3) is 4.20. The molecule has 6 nitrogen and oxygen atoms in total. The van der Waals surface area contributed by atoms with E-state index < -0.39 is 6.04 Å². The number of hydrogen-bond acceptors (Lipinski definition) is 3. The molecule has 1 saturated heterocycles. The SMILES string of the molecule is O=C(CCc1cc(-c2ccc(F)cc2)[nH]c1-c1ccccc1O)NC1CCNC1=O. The van der Waals surface area contributed by atoms with Crippen molar-refractivity contribution in [2.75, 3.05) is 6.54 Å². The van der Waals surface area contributed by atoms with Gasteiger partial charge < -0.3 is 20.7 Å². The Morgan fingerprint density at radius 1 is 1.17 bits per heavy atom. The molecule has 0 spiro atoms. The van der Waals surface area contributed by atoms with Crippen LogP contribution in [0.15, 0.2) is 54.6 Å². The summed E-state index contributed by atoms with van der Waals surface area (Å²) in [5, 5.41) is 15.8. The number of phenols is 1. The summed E-state index contributed by atoms with van der Waals surface area (Å²) in [6.07, 6.45) is 1.21. The van der Waals surface area contributed by atoms with Gasteiger partial charge in [0.1, 0.15) is 17.6 Å². The van der Waals surface area contributed by atoms with Crippen molar-refractivity contribution in [3.05, 3.63) is 66.0 Å². The lowest BCUT2D eigenvalue weighted by Gasteiger charge is -2.10. The minimum atomic E-state index is -0.476. The highest BCUT2D eigenvalue weighted by Crippen LogP contribution is 2.34. The Hall–Kier alpha value is -3.61. The van der Waals surface area contributed by atoms with Crippen molar-refractivity contribution in [1.29, 1.82) is 0 Å². The van der Waals surface area contributed by atoms with Crippen LogP contribution in [0.1, 0.15) is 18.4 Å². The first kappa shape index (κ1) is 19.7. The Labute approximate surface area is 173 Å². The van der Waals surface area contributed by atoms with Gasteiger partial charge in [-0.15, -0.1) is 0 Å². The van der Waals surface area contributed by atoms with Gasteiger partial charge in [0.05, 0.1) is 5.69 Å². The van der Waals surface area contributed by atoms with E-state index >= 15 is 0 Å². The van der Waals surface area contributed by atoms with Crippen LogP contribution in [0.5, 0.6) is 5.75 Å². The summed E-state index contributed by atoms with van der Waals surface area (Å²) in [6, 6.07) is 14.5. The van der Waals surface area contributed by atoms with Gasteiger partial charge in [0, 0.05) is 24.2 Å². The molecule has 30 heavy (non-hydrogen) atoms. The average molecular weight is 407 g/mol. The van der Waals surface area contributed by atoms with Gasteiger partial charge in [-0.3, -0.25) is 9.59 Å². The number of carbonyl (C=O) groups is 2. The van der Waals surface area contributed by atoms with Crippen molar-refractivity contribution < 1.29 is 19.1 Å². The van der Waals surface area contributed by atoms with Crippen molar-refractivity contribution in [2.45, 2.75) is 25.3 Å². The van der Waals surface area contributed by atoms with Crippen LogP contribution in [-0.4, -0.2) is 34.5 Å². The van der Waals surface area contributed by atoms with Crippen LogP contribution in [0, 0.1) is 5.82 Å². The van der Waals surface area contributed by atoms with E-state index in [0.717, 1.165) is 16.8 Å². The van der Waals surface area contributed by atoms with Crippen molar-refractivity contribution in [1.82, 2.24) is 15.6 Å². The molecule has 4 N–H and O–H groups in total. The van der Waals surface area contributed by atoms with Gasteiger partial charge in [0.25, 0.3) is 0 Å². The molecule has 0 saturated carbocycles. The third-order valence-corrected chi connectivity index (χ3v) is 5.23. The Morgan fingerprint density at radius 2 is 1.93 bits per heavy atom. The second kappa shape index (κ2) is 8.41. The van der Waals surface area contributed by atoms with Gasteiger partial charge in [-0.05, 0) is 66.4 Å². The fourth-order valence-corrected chi connectivity index (χ4v) is 3.65. The molecule has 1 unspecified atom stereocenters. The third-order valence-electron chi connectivity index (χ3n) is 5.23. The van der Waals surface area contributed by atoms with Gasteiger partial charge in [-0.25, -0.2) is 4.39 Å². The van der Waals surface area contributed by atoms with Crippen molar-refractivity contribution >= 4 is 11.8 Å². The number of aryl methyl sites for hydroxylation is 1. The topological polar surface area (TPSA) is 94.2 Å². The Kier molecular flexibility index (Phi) is 5.52. The first-order valence-corrected chi connectivity index (χ1v) is 9.84. The lowest BCUT2D eigenvalue weighted by Crippen LogP contribution is -2.40. The number of aromatic nitrogens is 1. The highest BCUT2D eigenvalue weighted by Gasteiger charge is 2.25. The van der Waals surface area contributed by atoms with Crippen molar-refractivity contribution in [3.8, 4) is 28.3 Å². The summed E-state index contributed by atoms with van der Waals surface area (Å²) in [5.74, 6) is -0.555. The van der Waals surface area contributed by atoms with E-state index in [1.54, 1.807) is 30.3 Å². The summed E-state index contributed by atoms with van der Waals surface area (Å²) in [7, 11) is 0. The maximum Gasteiger partial charge on any atom is 0.242 e. The number of amides is 2. The monoisotopic (exact) mass is 407 g/mol. The minimum absolute atomic E-state index is 0.123. The summed E-state index contributed by atoms with van der Waals surface area (Å²) in [6.45, 7) is 0.569. The van der Waals surface area contributed by atoms with E-state index in [9.17, 15) is 19.1 Å². The number of rotatable bonds is 6. The summed E-state index contributed by atoms with van der Waals surface area (Å²) in [5.41, 5.74) is 3.74. The van der Waals surface area contributed by atoms with Crippen LogP contribution in [0.3, 0.4) is 0 Å². The molecule has 2 aromatic carbocycles. The zero-order valence-electron chi connectivity index (χ0n) is 16.2. The number of nitrogens with one attached hydrogen (secondary N) is 3. The maximum absolute atomic E-state index is 13.3. The van der Waals surface area contributed by atoms with Gasteiger partial charge in [0.15, 0.2) is 0 Å². The number of halogens is 1. The first-order chi connectivity index (χ1) is 14.5. The van der Waals surface area contributed by atoms with Crippen molar-refractivity contribution in [3.63, 3.8) is 0 Å². The molecule has 7 heteroatoms. The van der Waals surface area contributed by atoms with Gasteiger partial charge in [-0.1, -0.05) is 12.1 Å². The molecule has 0 radical (unpaired) electrons. The summed E-state index contributed by atoms with van der Waals surface area (Å²) in [4.78, 5) is 27.3. The van der Waals surface area contributed by atoms with Crippen LogP contribution < -0.4 is 10.6 Å². The number of benzene rings is 2. The summed E-state index contributed by atoms with van der Waals surface area (Å²) >= 11 is 0. The molecule has 154 valence electrons. The molecule has 1 aromatic heterocycles. The number of hydrogen-bond donors (Lipinski definition) is 4. The molecular weight excluding hydrogens is 385 g/mol. The molecule has 4 rings (SSSR count). The predicted octanol–water partition coefficient (Wildman–Crippen LogP) is 3.13. The average Bonchev–Trinajstić information content (AvgIpc) is 3.34. The maximum atomic E-state index is 13.3. The molecule has 1 aliphatic heterocycles. The molecule has 2 heterocycles. The standard InChI is InChI=1S/C23H22FN3O3/c24-16-8-5-14(6-9-16)19-13-15(22(27-19)17-3-1-2-4-20(17)28)7-10-21(29)26-18-11-12-25-23(18)30/h1-6,8-9,13,18,27-28H,7,10-12H2,(H,25,30)(H,26,29). The van der Waals surface area contributed by atoms with Crippen LogP contribution in [0.2, 0.25) is 0 Å². The smallest absolute Gasteiger partial charge is 0.242 e. The van der Waals surface area contributed by atoms with E-state index in [0.29, 0.717) is 30.6 Å².